The third-order valence-electron chi connectivity index (χ3n) is 7.08. The summed E-state index contributed by atoms with van der Waals surface area (Å²) in [5.41, 5.74) is 5.59. The smallest absolute Gasteiger partial charge is 0.417 e. The van der Waals surface area contributed by atoms with E-state index >= 15 is 0 Å². The zero-order valence-electron chi connectivity index (χ0n) is 24.4. The highest BCUT2D eigenvalue weighted by molar-refractivity contribution is 7.22. The van der Waals surface area contributed by atoms with Crippen molar-refractivity contribution < 1.29 is 23.7 Å². The molecule has 4 aromatic heterocycles. The van der Waals surface area contributed by atoms with Gasteiger partial charge < -0.3 is 18.9 Å². The van der Waals surface area contributed by atoms with Gasteiger partial charge in [0.25, 0.3) is 6.29 Å². The number of hydrogen-bond donors (Lipinski definition) is 0. The number of rotatable bonds is 5. The Morgan fingerprint density at radius 3 is 2.68 bits per heavy atom. The van der Waals surface area contributed by atoms with Crippen LogP contribution >= 0.6 is 11.3 Å². The molecule has 0 unspecified atom stereocenters. The fourth-order valence-corrected chi connectivity index (χ4v) is 6.03. The minimum absolute atomic E-state index is 0.0134. The molecule has 0 aliphatic carbocycles. The average molecular weight is 611 g/mol. The molecule has 0 fully saturated rings. The van der Waals surface area contributed by atoms with Crippen molar-refractivity contribution in [1.82, 2.24) is 34.7 Å². The molecule has 44 heavy (non-hydrogen) atoms. The maximum Gasteiger partial charge on any atom is 0.417 e. The van der Waals surface area contributed by atoms with E-state index in [1.54, 1.807) is 56.6 Å². The Kier molecular flexibility index (Phi) is 6.69. The number of anilines is 1. The first-order chi connectivity index (χ1) is 21.3. The molecule has 1 atom stereocenters. The second kappa shape index (κ2) is 10.7. The summed E-state index contributed by atoms with van der Waals surface area (Å²) in [4.78, 5) is 36.9. The summed E-state index contributed by atoms with van der Waals surface area (Å²) in [7, 11) is 3.16. The predicted molar refractivity (Wildman–Crippen MR) is 163 cm³/mol. The second-order valence-electron chi connectivity index (χ2n) is 10.2. The molecule has 13 nitrogen and oxygen atoms in total. The lowest BCUT2D eigenvalue weighted by Gasteiger charge is -2.28. The monoisotopic (exact) mass is 610 g/mol. The van der Waals surface area contributed by atoms with Crippen LogP contribution in [0.4, 0.5) is 10.5 Å². The molecular formula is C30H26N8O5S. The van der Waals surface area contributed by atoms with Gasteiger partial charge in [-0.15, -0.1) is 11.3 Å². The Morgan fingerprint density at radius 2 is 1.93 bits per heavy atom. The summed E-state index contributed by atoms with van der Waals surface area (Å²) in [5.74, 6) is 2.69. The van der Waals surface area contributed by atoms with Gasteiger partial charge in [0.1, 0.15) is 21.9 Å². The normalized spacial score (nSPS) is 14.2. The second-order valence-corrected chi connectivity index (χ2v) is 11.2. The van der Waals surface area contributed by atoms with Gasteiger partial charge in [-0.1, -0.05) is 0 Å². The van der Waals surface area contributed by atoms with Crippen LogP contribution in [0.3, 0.4) is 0 Å². The van der Waals surface area contributed by atoms with Gasteiger partial charge in [0, 0.05) is 12.6 Å². The van der Waals surface area contributed by atoms with E-state index in [9.17, 15) is 4.79 Å². The maximum atomic E-state index is 13.0. The van der Waals surface area contributed by atoms with Crippen LogP contribution in [0.25, 0.3) is 37.6 Å². The first kappa shape index (κ1) is 27.5. The van der Waals surface area contributed by atoms with Crippen molar-refractivity contribution in [3.05, 3.63) is 66.0 Å². The number of methoxy groups -OCH3 is 1. The summed E-state index contributed by atoms with van der Waals surface area (Å²) in [6.07, 6.45) is 3.17. The third-order valence-corrected chi connectivity index (χ3v) is 8.16. The number of fused-ring (bicyclic) bond motifs is 4. The number of hydrogen-bond acceptors (Lipinski definition) is 12. The fraction of sp³-hybridized carbons (Fsp3) is 0.233. The molecule has 2 aromatic carbocycles. The zero-order valence-corrected chi connectivity index (χ0v) is 25.2. The van der Waals surface area contributed by atoms with Crippen molar-refractivity contribution in [2.45, 2.75) is 27.1 Å². The molecule has 1 amide bonds. The maximum absolute atomic E-state index is 13.0. The predicted octanol–water partition coefficient (Wildman–Crippen LogP) is 5.19. The van der Waals surface area contributed by atoms with Crippen molar-refractivity contribution in [2.75, 3.05) is 25.7 Å². The van der Waals surface area contributed by atoms with Gasteiger partial charge in [-0.05, 0) is 62.2 Å². The highest BCUT2D eigenvalue weighted by Gasteiger charge is 2.30. The number of amides is 1. The number of pyridine rings is 1. The van der Waals surface area contributed by atoms with Gasteiger partial charge in [0.2, 0.25) is 5.88 Å². The molecular weight excluding hydrogens is 584 g/mol. The molecule has 5 heterocycles. The van der Waals surface area contributed by atoms with E-state index in [1.165, 1.54) is 16.2 Å². The molecule has 14 heteroatoms. The van der Waals surface area contributed by atoms with Crippen molar-refractivity contribution in [2.24, 2.45) is 0 Å². The number of nitrogens with zero attached hydrogens (tertiary/aromatic N) is 8. The van der Waals surface area contributed by atoms with Crippen molar-refractivity contribution in [3.8, 4) is 33.8 Å². The van der Waals surface area contributed by atoms with E-state index in [-0.39, 0.29) is 6.61 Å². The molecule has 0 bridgehead atoms. The summed E-state index contributed by atoms with van der Waals surface area (Å²) < 4.78 is 25.5. The SMILES string of the molecule is COc1cnc2c(-c3nc4c(C)cc5c(c4s3)OC[C@@H](OC(=O)N(C)c3ccc(-n4cnc(C)n4)nc3)O5)cc(C)cc2n1. The molecule has 6 aromatic rings. The van der Waals surface area contributed by atoms with E-state index in [2.05, 4.69) is 25.0 Å². The summed E-state index contributed by atoms with van der Waals surface area (Å²) in [5, 5.41) is 5.02. The van der Waals surface area contributed by atoms with E-state index < -0.39 is 12.4 Å². The molecule has 0 saturated heterocycles. The van der Waals surface area contributed by atoms with Crippen molar-refractivity contribution in [1.29, 1.82) is 0 Å². The van der Waals surface area contributed by atoms with Crippen LogP contribution in [0.5, 0.6) is 17.4 Å². The molecule has 7 rings (SSSR count). The van der Waals surface area contributed by atoms with Gasteiger partial charge in [0.15, 0.2) is 23.9 Å². The lowest BCUT2D eigenvalue weighted by Crippen LogP contribution is -2.38. The Bertz CT molecular complexity index is 2060. The summed E-state index contributed by atoms with van der Waals surface area (Å²) in [6, 6.07) is 9.35. The molecule has 0 saturated carbocycles. The lowest BCUT2D eigenvalue weighted by molar-refractivity contribution is -0.0718. The topological polar surface area (TPSA) is 140 Å². The van der Waals surface area contributed by atoms with Crippen LogP contribution in [0.1, 0.15) is 17.0 Å². The lowest BCUT2D eigenvalue weighted by atomic mass is 10.1. The van der Waals surface area contributed by atoms with Crippen LogP contribution in [0, 0.1) is 20.8 Å². The number of aromatic nitrogens is 7. The first-order valence-electron chi connectivity index (χ1n) is 13.6. The van der Waals surface area contributed by atoms with Crippen molar-refractivity contribution in [3.63, 3.8) is 0 Å². The standard InChI is InChI=1S/C30H26N8O5S/c1-15-8-19(26-20(9-15)34-23(40-5)12-32-26)29-35-25-16(2)10-21-27(28(25)44-29)41-13-24(42-21)43-30(39)37(4)18-6-7-22(31-11-18)38-14-33-17(3)36-38/h6-12,14,24H,13H2,1-5H3/t24-/m1/s1. The Morgan fingerprint density at radius 1 is 1.07 bits per heavy atom. The summed E-state index contributed by atoms with van der Waals surface area (Å²) in [6.45, 7) is 5.77. The van der Waals surface area contributed by atoms with Gasteiger partial charge in [-0.3, -0.25) is 4.90 Å². The van der Waals surface area contributed by atoms with Gasteiger partial charge >= 0.3 is 6.09 Å². The average Bonchev–Trinajstić information content (AvgIpc) is 3.67. The Hall–Kier alpha value is -5.37. The number of benzene rings is 2. The largest absolute Gasteiger partial charge is 0.480 e. The number of ether oxygens (including phenoxy) is 4. The number of carbonyl (C=O) groups excluding carboxylic acids is 1. The molecule has 222 valence electrons. The summed E-state index contributed by atoms with van der Waals surface area (Å²) >= 11 is 1.48. The molecule has 1 aliphatic rings. The van der Waals surface area contributed by atoms with E-state index in [0.717, 1.165) is 42.9 Å². The van der Waals surface area contributed by atoms with Crippen LogP contribution in [-0.2, 0) is 4.74 Å². The van der Waals surface area contributed by atoms with Crippen molar-refractivity contribution >= 4 is 44.4 Å². The third kappa shape index (κ3) is 4.88. The Labute approximate surface area is 255 Å². The zero-order chi connectivity index (χ0) is 30.5. The van der Waals surface area contributed by atoms with E-state index in [1.807, 2.05) is 32.0 Å². The molecule has 1 aliphatic heterocycles. The molecule has 0 N–H and O–H groups in total. The number of thiazole rings is 1. The van der Waals surface area contributed by atoms with Crippen LogP contribution < -0.4 is 19.1 Å². The first-order valence-corrected chi connectivity index (χ1v) is 14.4. The fourth-order valence-electron chi connectivity index (χ4n) is 4.88. The minimum Gasteiger partial charge on any atom is -0.480 e. The van der Waals surface area contributed by atoms with E-state index in [0.29, 0.717) is 34.7 Å². The van der Waals surface area contributed by atoms with Crippen LogP contribution in [0.2, 0.25) is 0 Å². The Balaban J connectivity index is 1.11. The molecule has 0 radical (unpaired) electrons. The van der Waals surface area contributed by atoms with Gasteiger partial charge in [-0.2, -0.15) is 5.10 Å². The molecule has 0 spiro atoms. The highest BCUT2D eigenvalue weighted by Crippen LogP contribution is 2.46. The van der Waals surface area contributed by atoms with Gasteiger partial charge in [0.05, 0.1) is 41.7 Å². The number of carbonyl (C=O) groups is 1. The minimum atomic E-state index is -0.946. The van der Waals surface area contributed by atoms with Crippen LogP contribution in [0.15, 0.2) is 49.1 Å². The quantitative estimate of drug-likeness (QED) is 0.255. The number of aryl methyl sites for hydroxylation is 3. The highest BCUT2D eigenvalue weighted by atomic mass is 32.1. The van der Waals surface area contributed by atoms with E-state index in [4.69, 9.17) is 23.9 Å². The van der Waals surface area contributed by atoms with Gasteiger partial charge in [-0.25, -0.2) is 34.4 Å². The van der Waals surface area contributed by atoms with Crippen LogP contribution in [-0.4, -0.2) is 67.8 Å².